The minimum atomic E-state index is 0.319. The highest BCUT2D eigenvalue weighted by molar-refractivity contribution is 5.85. The molecule has 19 heavy (non-hydrogen) atoms. The predicted molar refractivity (Wildman–Crippen MR) is 70.2 cm³/mol. The zero-order chi connectivity index (χ0) is 13.1. The van der Waals surface area contributed by atoms with Crippen molar-refractivity contribution < 1.29 is 13.9 Å². The fourth-order valence-corrected chi connectivity index (χ4v) is 1.84. The zero-order valence-corrected chi connectivity index (χ0v) is 10.1. The van der Waals surface area contributed by atoms with Crippen LogP contribution in [-0.2, 0) is 6.61 Å². The lowest BCUT2D eigenvalue weighted by Crippen LogP contribution is -1.95. The summed E-state index contributed by atoms with van der Waals surface area (Å²) in [6.45, 7) is 0.456. The minimum Gasteiger partial charge on any atom is -0.489 e. The lowest BCUT2D eigenvalue weighted by atomic mass is 10.2. The van der Waals surface area contributed by atoms with Gasteiger partial charge in [0.2, 0.25) is 0 Å². The third-order valence-corrected chi connectivity index (χ3v) is 2.75. The van der Waals surface area contributed by atoms with Gasteiger partial charge in [-0.1, -0.05) is 6.07 Å². The average molecular weight is 253 g/mol. The van der Waals surface area contributed by atoms with Gasteiger partial charge in [-0.2, -0.15) is 0 Å². The highest BCUT2D eigenvalue weighted by Gasteiger charge is 2.04. The van der Waals surface area contributed by atoms with Gasteiger partial charge in [0.25, 0.3) is 0 Å². The van der Waals surface area contributed by atoms with Gasteiger partial charge in [0.05, 0.1) is 0 Å². The van der Waals surface area contributed by atoms with Crippen molar-refractivity contribution in [1.29, 1.82) is 0 Å². The van der Waals surface area contributed by atoms with Gasteiger partial charge >= 0.3 is 0 Å². The van der Waals surface area contributed by atoms with E-state index in [0.29, 0.717) is 24.2 Å². The second kappa shape index (κ2) is 4.94. The van der Waals surface area contributed by atoms with Crippen molar-refractivity contribution in [3.8, 4) is 5.75 Å². The Morgan fingerprint density at radius 3 is 3.00 bits per heavy atom. The molecule has 3 aromatic rings. The van der Waals surface area contributed by atoms with Crippen LogP contribution in [0.1, 0.15) is 16.1 Å². The molecule has 0 spiro atoms. The number of ether oxygens (including phenoxy) is 1. The third kappa shape index (κ3) is 2.47. The van der Waals surface area contributed by atoms with E-state index in [1.807, 2.05) is 24.3 Å². The Bertz CT molecular complexity index is 704. The van der Waals surface area contributed by atoms with Crippen LogP contribution in [-0.4, -0.2) is 11.3 Å². The molecule has 0 radical (unpaired) electrons. The molecule has 4 nitrogen and oxygen atoms in total. The quantitative estimate of drug-likeness (QED) is 0.670. The number of pyridine rings is 1. The van der Waals surface area contributed by atoms with Crippen LogP contribution in [0.3, 0.4) is 0 Å². The van der Waals surface area contributed by atoms with E-state index in [-0.39, 0.29) is 0 Å². The first kappa shape index (κ1) is 11.5. The normalized spacial score (nSPS) is 10.5. The summed E-state index contributed by atoms with van der Waals surface area (Å²) < 4.78 is 11.0. The number of aldehydes is 1. The summed E-state index contributed by atoms with van der Waals surface area (Å²) in [7, 11) is 0. The van der Waals surface area contributed by atoms with E-state index in [4.69, 9.17) is 9.15 Å². The van der Waals surface area contributed by atoms with Gasteiger partial charge < -0.3 is 9.15 Å². The Kier molecular flexibility index (Phi) is 2.98. The van der Waals surface area contributed by atoms with E-state index >= 15 is 0 Å². The number of furan rings is 1. The molecule has 94 valence electrons. The van der Waals surface area contributed by atoms with Crippen molar-refractivity contribution in [2.45, 2.75) is 6.61 Å². The number of nitrogens with zero attached hydrogens (tertiary/aromatic N) is 1. The Morgan fingerprint density at radius 1 is 1.26 bits per heavy atom. The van der Waals surface area contributed by atoms with Crippen LogP contribution >= 0.6 is 0 Å². The molecule has 0 atom stereocenters. The summed E-state index contributed by atoms with van der Waals surface area (Å²) >= 11 is 0. The number of fused-ring (bicyclic) bond motifs is 1. The lowest BCUT2D eigenvalue weighted by Gasteiger charge is -2.05. The third-order valence-electron chi connectivity index (χ3n) is 2.75. The molecule has 2 heterocycles. The maximum atomic E-state index is 10.6. The number of rotatable bonds is 4. The van der Waals surface area contributed by atoms with Crippen LogP contribution in [0.4, 0.5) is 0 Å². The number of hydrogen-bond donors (Lipinski definition) is 0. The SMILES string of the molecule is O=Cc1cc2cc(OCc3cccnc3)ccc2o1. The molecule has 0 fully saturated rings. The smallest absolute Gasteiger partial charge is 0.185 e. The van der Waals surface area contributed by atoms with E-state index < -0.39 is 0 Å². The van der Waals surface area contributed by atoms with Gasteiger partial charge in [-0.25, -0.2) is 0 Å². The molecule has 1 aromatic carbocycles. The largest absolute Gasteiger partial charge is 0.489 e. The number of aromatic nitrogens is 1. The van der Waals surface area contributed by atoms with Crippen LogP contribution in [0.5, 0.6) is 5.75 Å². The monoisotopic (exact) mass is 253 g/mol. The first-order valence-corrected chi connectivity index (χ1v) is 5.85. The summed E-state index contributed by atoms with van der Waals surface area (Å²) in [5.74, 6) is 1.05. The molecule has 0 aliphatic carbocycles. The Morgan fingerprint density at radius 2 is 2.21 bits per heavy atom. The maximum Gasteiger partial charge on any atom is 0.185 e. The van der Waals surface area contributed by atoms with Gasteiger partial charge in [0, 0.05) is 23.3 Å². The molecule has 0 aliphatic heterocycles. The molecule has 4 heteroatoms. The standard InChI is InChI=1S/C15H11NO3/c17-9-14-7-12-6-13(3-4-15(12)19-14)18-10-11-2-1-5-16-8-11/h1-9H,10H2. The van der Waals surface area contributed by atoms with Gasteiger partial charge in [0.15, 0.2) is 12.0 Å². The molecule has 0 saturated carbocycles. The van der Waals surface area contributed by atoms with Crippen molar-refractivity contribution >= 4 is 17.3 Å². The lowest BCUT2D eigenvalue weighted by molar-refractivity contribution is 0.110. The molecule has 0 bridgehead atoms. The Hall–Kier alpha value is -2.62. The molecular formula is C15H11NO3. The van der Waals surface area contributed by atoms with Gasteiger partial charge in [-0.3, -0.25) is 9.78 Å². The van der Waals surface area contributed by atoms with Crippen LogP contribution < -0.4 is 4.74 Å². The van der Waals surface area contributed by atoms with Crippen LogP contribution in [0, 0.1) is 0 Å². The van der Waals surface area contributed by atoms with Gasteiger partial charge in [-0.15, -0.1) is 0 Å². The van der Waals surface area contributed by atoms with Crippen LogP contribution in [0.2, 0.25) is 0 Å². The van der Waals surface area contributed by atoms with E-state index in [9.17, 15) is 4.79 Å². The summed E-state index contributed by atoms with van der Waals surface area (Å²) in [6.07, 6.45) is 4.18. The van der Waals surface area contributed by atoms with Crippen LogP contribution in [0.25, 0.3) is 11.0 Å². The fraction of sp³-hybridized carbons (Fsp3) is 0.0667. The van der Waals surface area contributed by atoms with Crippen LogP contribution in [0.15, 0.2) is 53.2 Å². The summed E-state index contributed by atoms with van der Waals surface area (Å²) in [5.41, 5.74) is 1.68. The zero-order valence-electron chi connectivity index (χ0n) is 10.1. The summed E-state index contributed by atoms with van der Waals surface area (Å²) in [6, 6.07) is 11.0. The maximum absolute atomic E-state index is 10.6. The predicted octanol–water partition coefficient (Wildman–Crippen LogP) is 3.22. The van der Waals surface area contributed by atoms with E-state index in [0.717, 1.165) is 16.7 Å². The Balaban J connectivity index is 1.79. The summed E-state index contributed by atoms with van der Waals surface area (Å²) in [5, 5.41) is 0.853. The molecule has 3 rings (SSSR count). The number of carbonyl (C=O) groups excluding carboxylic acids is 1. The molecule has 0 amide bonds. The number of benzene rings is 1. The first-order chi connectivity index (χ1) is 9.35. The van der Waals surface area contributed by atoms with E-state index in [1.54, 1.807) is 24.5 Å². The highest BCUT2D eigenvalue weighted by Crippen LogP contribution is 2.24. The molecule has 0 aliphatic rings. The van der Waals surface area contributed by atoms with Gasteiger partial charge in [-0.05, 0) is 30.3 Å². The number of hydrogen-bond acceptors (Lipinski definition) is 4. The molecule has 0 saturated heterocycles. The van der Waals surface area contributed by atoms with Crippen molar-refractivity contribution in [2.75, 3.05) is 0 Å². The second-order valence-electron chi connectivity index (χ2n) is 4.12. The highest BCUT2D eigenvalue weighted by atomic mass is 16.5. The van der Waals surface area contributed by atoms with E-state index in [2.05, 4.69) is 4.98 Å². The minimum absolute atomic E-state index is 0.319. The second-order valence-corrected chi connectivity index (χ2v) is 4.12. The topological polar surface area (TPSA) is 52.3 Å². The summed E-state index contributed by atoms with van der Waals surface area (Å²) in [4.78, 5) is 14.7. The Labute approximate surface area is 109 Å². The molecule has 0 unspecified atom stereocenters. The molecule has 2 aromatic heterocycles. The average Bonchev–Trinajstić information content (AvgIpc) is 2.88. The van der Waals surface area contributed by atoms with Crippen molar-refractivity contribution in [2.24, 2.45) is 0 Å². The fourth-order valence-electron chi connectivity index (χ4n) is 1.84. The van der Waals surface area contributed by atoms with E-state index in [1.165, 1.54) is 0 Å². The van der Waals surface area contributed by atoms with Crippen molar-refractivity contribution in [3.63, 3.8) is 0 Å². The molecular weight excluding hydrogens is 242 g/mol. The first-order valence-electron chi connectivity index (χ1n) is 5.85. The number of carbonyl (C=O) groups is 1. The van der Waals surface area contributed by atoms with Gasteiger partial charge in [0.1, 0.15) is 17.9 Å². The van der Waals surface area contributed by atoms with Crippen molar-refractivity contribution in [3.05, 3.63) is 60.1 Å². The van der Waals surface area contributed by atoms with Crippen molar-refractivity contribution in [1.82, 2.24) is 4.98 Å². The molecule has 0 N–H and O–H groups in total.